The Morgan fingerprint density at radius 1 is 1.32 bits per heavy atom. The van der Waals surface area contributed by atoms with Gasteiger partial charge in [-0.3, -0.25) is 14.2 Å². The van der Waals surface area contributed by atoms with E-state index in [1.54, 1.807) is 13.1 Å². The lowest BCUT2D eigenvalue weighted by Gasteiger charge is -2.14. The molecule has 2 heterocycles. The highest BCUT2D eigenvalue weighted by Crippen LogP contribution is 2.35. The Bertz CT molecular complexity index is 781. The summed E-state index contributed by atoms with van der Waals surface area (Å²) in [6.45, 7) is 7.55. The quantitative estimate of drug-likeness (QED) is 0.804. The van der Waals surface area contributed by atoms with Gasteiger partial charge in [0.25, 0.3) is 0 Å². The largest absolute Gasteiger partial charge is 0.436 e. The van der Waals surface area contributed by atoms with Crippen LogP contribution in [0.3, 0.4) is 0 Å². The van der Waals surface area contributed by atoms with Gasteiger partial charge in [0.1, 0.15) is 6.54 Å². The topological polar surface area (TPSA) is 64.7 Å². The van der Waals surface area contributed by atoms with Gasteiger partial charge < -0.3 is 5.32 Å². The molecule has 1 amide bonds. The minimum Gasteiger partial charge on any atom is -0.348 e. The summed E-state index contributed by atoms with van der Waals surface area (Å²) in [7, 11) is 0. The van der Waals surface area contributed by atoms with E-state index in [1.807, 2.05) is 18.5 Å². The standard InChI is InChI=1S/C15H19BrF3N5O/c1-5-23-9(3)11(6-20-23)8(2)21-12(25)7-24-10(4)13(16)14(22-24)15(17,18)19/h6,8H,5,7H2,1-4H3,(H,21,25). The van der Waals surface area contributed by atoms with Crippen molar-refractivity contribution in [1.29, 1.82) is 0 Å². The molecule has 0 fully saturated rings. The maximum atomic E-state index is 12.9. The molecule has 2 aromatic heterocycles. The molecule has 0 aromatic carbocycles. The number of carbonyl (C=O) groups is 1. The molecule has 0 saturated carbocycles. The van der Waals surface area contributed by atoms with Crippen LogP contribution in [0.2, 0.25) is 0 Å². The Labute approximate surface area is 151 Å². The smallest absolute Gasteiger partial charge is 0.348 e. The normalized spacial score (nSPS) is 13.1. The van der Waals surface area contributed by atoms with E-state index in [0.717, 1.165) is 15.9 Å². The van der Waals surface area contributed by atoms with Crippen LogP contribution in [0.5, 0.6) is 0 Å². The van der Waals surface area contributed by atoms with Crippen LogP contribution in [0.1, 0.15) is 42.5 Å². The molecule has 1 N–H and O–H groups in total. The highest BCUT2D eigenvalue weighted by atomic mass is 79.9. The van der Waals surface area contributed by atoms with Crippen molar-refractivity contribution in [3.63, 3.8) is 0 Å². The second-order valence-electron chi connectivity index (χ2n) is 5.69. The molecule has 2 aromatic rings. The van der Waals surface area contributed by atoms with Gasteiger partial charge in [-0.25, -0.2) is 0 Å². The SMILES string of the molecule is CCn1ncc(C(C)NC(=O)Cn2nc(C(F)(F)F)c(Br)c2C)c1C. The number of aryl methyl sites for hydroxylation is 1. The van der Waals surface area contributed by atoms with Gasteiger partial charge in [-0.1, -0.05) is 0 Å². The molecule has 0 aliphatic rings. The summed E-state index contributed by atoms with van der Waals surface area (Å²) in [5.74, 6) is -0.428. The molecule has 25 heavy (non-hydrogen) atoms. The maximum Gasteiger partial charge on any atom is 0.436 e. The molecule has 1 atom stereocenters. The lowest BCUT2D eigenvalue weighted by molar-refractivity contribution is -0.142. The Morgan fingerprint density at radius 2 is 1.96 bits per heavy atom. The summed E-state index contributed by atoms with van der Waals surface area (Å²) in [4.78, 5) is 12.2. The molecular weight excluding hydrogens is 403 g/mol. The van der Waals surface area contributed by atoms with E-state index in [2.05, 4.69) is 31.4 Å². The number of aromatic nitrogens is 4. The first-order chi connectivity index (χ1) is 11.6. The van der Waals surface area contributed by atoms with Gasteiger partial charge in [0.2, 0.25) is 5.91 Å². The minimum absolute atomic E-state index is 0.152. The van der Waals surface area contributed by atoms with Gasteiger partial charge in [0, 0.05) is 17.8 Å². The molecule has 10 heteroatoms. The predicted molar refractivity (Wildman–Crippen MR) is 88.9 cm³/mol. The van der Waals surface area contributed by atoms with E-state index >= 15 is 0 Å². The second-order valence-corrected chi connectivity index (χ2v) is 6.49. The molecule has 0 saturated heterocycles. The Balaban J connectivity index is 2.11. The molecule has 0 aliphatic carbocycles. The summed E-state index contributed by atoms with van der Waals surface area (Å²) in [6, 6.07) is -0.311. The van der Waals surface area contributed by atoms with E-state index in [0.29, 0.717) is 6.54 Å². The first-order valence-corrected chi connectivity index (χ1v) is 8.47. The van der Waals surface area contributed by atoms with Crippen molar-refractivity contribution in [2.45, 2.75) is 53.0 Å². The van der Waals surface area contributed by atoms with Crippen LogP contribution in [0.15, 0.2) is 10.7 Å². The third-order valence-electron chi connectivity index (χ3n) is 3.98. The van der Waals surface area contributed by atoms with Crippen molar-refractivity contribution in [3.8, 4) is 0 Å². The van der Waals surface area contributed by atoms with Crippen LogP contribution in [0, 0.1) is 13.8 Å². The number of hydrogen-bond acceptors (Lipinski definition) is 3. The highest BCUT2D eigenvalue weighted by Gasteiger charge is 2.38. The fraction of sp³-hybridized carbons (Fsp3) is 0.533. The van der Waals surface area contributed by atoms with Gasteiger partial charge in [-0.15, -0.1) is 0 Å². The fourth-order valence-electron chi connectivity index (χ4n) is 2.57. The lowest BCUT2D eigenvalue weighted by atomic mass is 10.1. The van der Waals surface area contributed by atoms with E-state index in [-0.39, 0.29) is 22.8 Å². The predicted octanol–water partition coefficient (Wildman–Crippen LogP) is 3.38. The molecule has 2 rings (SSSR count). The molecule has 1 unspecified atom stereocenters. The monoisotopic (exact) mass is 421 g/mol. The van der Waals surface area contributed by atoms with E-state index in [9.17, 15) is 18.0 Å². The number of rotatable bonds is 5. The van der Waals surface area contributed by atoms with E-state index < -0.39 is 17.8 Å². The first kappa shape index (κ1) is 19.5. The van der Waals surface area contributed by atoms with Crippen molar-refractivity contribution in [2.24, 2.45) is 0 Å². The van der Waals surface area contributed by atoms with Crippen molar-refractivity contribution in [3.05, 3.63) is 33.3 Å². The van der Waals surface area contributed by atoms with Crippen LogP contribution in [-0.2, 0) is 24.1 Å². The third kappa shape index (κ3) is 4.05. The summed E-state index contributed by atoms with van der Waals surface area (Å²) in [6.07, 6.45) is -2.90. The summed E-state index contributed by atoms with van der Waals surface area (Å²) < 4.78 is 41.3. The number of amides is 1. The molecule has 0 aliphatic heterocycles. The molecular formula is C15H19BrF3N5O. The van der Waals surface area contributed by atoms with Gasteiger partial charge in [-0.2, -0.15) is 23.4 Å². The van der Waals surface area contributed by atoms with Crippen molar-refractivity contribution >= 4 is 21.8 Å². The lowest BCUT2D eigenvalue weighted by Crippen LogP contribution is -2.31. The summed E-state index contributed by atoms with van der Waals surface area (Å²) in [5, 5.41) is 10.5. The minimum atomic E-state index is -4.58. The van der Waals surface area contributed by atoms with Gasteiger partial charge in [0.05, 0.1) is 22.4 Å². The fourth-order valence-corrected chi connectivity index (χ4v) is 3.07. The Hall–Kier alpha value is -1.84. The zero-order chi connectivity index (χ0) is 18.9. The maximum absolute atomic E-state index is 12.9. The van der Waals surface area contributed by atoms with Crippen LogP contribution in [0.4, 0.5) is 13.2 Å². The second kappa shape index (κ2) is 7.19. The zero-order valence-corrected chi connectivity index (χ0v) is 15.9. The van der Waals surface area contributed by atoms with Gasteiger partial charge in [-0.05, 0) is 43.6 Å². The molecule has 138 valence electrons. The number of nitrogens with zero attached hydrogens (tertiary/aromatic N) is 4. The number of nitrogens with one attached hydrogen (secondary N) is 1. The molecule has 0 bridgehead atoms. The average Bonchev–Trinajstić information content (AvgIpc) is 3.01. The van der Waals surface area contributed by atoms with Crippen LogP contribution < -0.4 is 5.32 Å². The average molecular weight is 422 g/mol. The van der Waals surface area contributed by atoms with Crippen LogP contribution in [0.25, 0.3) is 0 Å². The van der Waals surface area contributed by atoms with E-state index in [1.165, 1.54) is 6.92 Å². The molecule has 0 spiro atoms. The Kier molecular flexibility index (Phi) is 5.60. The molecule has 6 nitrogen and oxygen atoms in total. The van der Waals surface area contributed by atoms with Gasteiger partial charge >= 0.3 is 6.18 Å². The van der Waals surface area contributed by atoms with Crippen molar-refractivity contribution in [2.75, 3.05) is 0 Å². The third-order valence-corrected chi connectivity index (χ3v) is 4.93. The Morgan fingerprint density at radius 3 is 2.44 bits per heavy atom. The van der Waals surface area contributed by atoms with Crippen molar-refractivity contribution < 1.29 is 18.0 Å². The number of hydrogen-bond donors (Lipinski definition) is 1. The zero-order valence-electron chi connectivity index (χ0n) is 14.3. The van der Waals surface area contributed by atoms with Crippen LogP contribution >= 0.6 is 15.9 Å². The number of carbonyl (C=O) groups excluding carboxylic acids is 1. The summed E-state index contributed by atoms with van der Waals surface area (Å²) >= 11 is 2.89. The van der Waals surface area contributed by atoms with E-state index in [4.69, 9.17) is 0 Å². The van der Waals surface area contributed by atoms with Crippen LogP contribution in [-0.4, -0.2) is 25.5 Å². The summed E-state index contributed by atoms with van der Waals surface area (Å²) in [5.41, 5.74) is 1.01. The number of halogens is 4. The van der Waals surface area contributed by atoms with Gasteiger partial charge in [0.15, 0.2) is 5.69 Å². The number of alkyl halides is 3. The first-order valence-electron chi connectivity index (χ1n) is 7.68. The van der Waals surface area contributed by atoms with Crippen molar-refractivity contribution in [1.82, 2.24) is 24.9 Å². The molecule has 0 radical (unpaired) electrons. The highest BCUT2D eigenvalue weighted by molar-refractivity contribution is 9.10.